The van der Waals surface area contributed by atoms with Gasteiger partial charge in [0, 0.05) is 51.5 Å². The SMILES string of the molecule is SNCCc1cc(Nc2c(Cl)cncc2Cl)cc2c1[nH]c1ccc(Cl)cc12. The third-order valence-electron chi connectivity index (χ3n) is 4.38. The molecule has 0 saturated carbocycles. The molecule has 0 bridgehead atoms. The van der Waals surface area contributed by atoms with E-state index in [0.29, 0.717) is 20.8 Å². The molecular weight excluding hydrogens is 423 g/mol. The van der Waals surface area contributed by atoms with E-state index in [1.54, 1.807) is 12.4 Å². The molecule has 4 rings (SSSR count). The maximum absolute atomic E-state index is 6.26. The fourth-order valence-corrected chi connectivity index (χ4v) is 3.92. The predicted molar refractivity (Wildman–Crippen MR) is 119 cm³/mol. The summed E-state index contributed by atoms with van der Waals surface area (Å²) in [6.07, 6.45) is 3.92. The molecule has 2 aromatic carbocycles. The van der Waals surface area contributed by atoms with Crippen molar-refractivity contribution in [3.05, 3.63) is 63.4 Å². The summed E-state index contributed by atoms with van der Waals surface area (Å²) in [6.45, 7) is 0.731. The summed E-state index contributed by atoms with van der Waals surface area (Å²) in [7, 11) is 0. The maximum Gasteiger partial charge on any atom is 0.0839 e. The Kier molecular flexibility index (Phi) is 5.39. The van der Waals surface area contributed by atoms with Crippen molar-refractivity contribution in [1.29, 1.82) is 0 Å². The van der Waals surface area contributed by atoms with Crippen LogP contribution in [0.2, 0.25) is 15.1 Å². The summed E-state index contributed by atoms with van der Waals surface area (Å²) >= 11 is 22.9. The molecular formula is C19H15Cl3N4S. The van der Waals surface area contributed by atoms with Crippen LogP contribution >= 0.6 is 47.6 Å². The standard InChI is InChI=1S/C19H15Cl3N4S/c20-11-1-2-17-13(6-11)14-7-12(5-10(3-4-24-27)18(14)26-17)25-19-15(21)8-23-9-16(19)22/h1-2,5-9,24,26-27H,3-4H2,(H,23,25). The van der Waals surface area contributed by atoms with Gasteiger partial charge in [0.2, 0.25) is 0 Å². The molecule has 0 unspecified atom stereocenters. The molecule has 4 nitrogen and oxygen atoms in total. The summed E-state index contributed by atoms with van der Waals surface area (Å²) in [5.41, 5.74) is 4.77. The van der Waals surface area contributed by atoms with Crippen molar-refractivity contribution >= 4 is 80.8 Å². The van der Waals surface area contributed by atoms with Crippen LogP contribution in [0.15, 0.2) is 42.7 Å². The molecule has 27 heavy (non-hydrogen) atoms. The quantitative estimate of drug-likeness (QED) is 0.273. The van der Waals surface area contributed by atoms with E-state index >= 15 is 0 Å². The number of fused-ring (bicyclic) bond motifs is 3. The minimum Gasteiger partial charge on any atom is -0.354 e. The summed E-state index contributed by atoms with van der Waals surface area (Å²) in [6, 6.07) is 9.98. The summed E-state index contributed by atoms with van der Waals surface area (Å²) < 4.78 is 2.90. The van der Waals surface area contributed by atoms with Gasteiger partial charge in [-0.3, -0.25) is 9.71 Å². The van der Waals surface area contributed by atoms with Gasteiger partial charge in [0.1, 0.15) is 0 Å². The van der Waals surface area contributed by atoms with Gasteiger partial charge in [0.15, 0.2) is 0 Å². The van der Waals surface area contributed by atoms with E-state index in [2.05, 4.69) is 45.0 Å². The number of H-pyrrole nitrogens is 1. The molecule has 4 aromatic rings. The number of hydrogen-bond acceptors (Lipinski definition) is 4. The maximum atomic E-state index is 6.26. The highest BCUT2D eigenvalue weighted by Gasteiger charge is 2.13. The van der Waals surface area contributed by atoms with Crippen LogP contribution in [0.5, 0.6) is 0 Å². The molecule has 0 spiro atoms. The number of nitrogens with one attached hydrogen (secondary N) is 3. The van der Waals surface area contributed by atoms with E-state index in [0.717, 1.165) is 46.0 Å². The number of pyridine rings is 1. The Bertz CT molecular complexity index is 1120. The second-order valence-electron chi connectivity index (χ2n) is 6.13. The molecule has 0 radical (unpaired) electrons. The Morgan fingerprint density at radius 2 is 1.78 bits per heavy atom. The smallest absolute Gasteiger partial charge is 0.0839 e. The number of benzene rings is 2. The first kappa shape index (κ1) is 18.7. The Balaban J connectivity index is 1.90. The Morgan fingerprint density at radius 3 is 2.52 bits per heavy atom. The van der Waals surface area contributed by atoms with Crippen molar-refractivity contribution in [1.82, 2.24) is 14.7 Å². The normalized spacial score (nSPS) is 11.4. The van der Waals surface area contributed by atoms with Gasteiger partial charge in [-0.15, -0.1) is 0 Å². The Hall–Kier alpha value is -1.63. The minimum absolute atomic E-state index is 0.461. The minimum atomic E-state index is 0.461. The zero-order chi connectivity index (χ0) is 19.0. The highest BCUT2D eigenvalue weighted by Crippen LogP contribution is 2.36. The molecule has 3 N–H and O–H groups in total. The van der Waals surface area contributed by atoms with Crippen LogP contribution in [0.25, 0.3) is 21.8 Å². The van der Waals surface area contributed by atoms with Gasteiger partial charge in [0.05, 0.1) is 15.7 Å². The molecule has 2 heterocycles. The van der Waals surface area contributed by atoms with E-state index in [1.807, 2.05) is 18.2 Å². The first-order valence-electron chi connectivity index (χ1n) is 8.23. The predicted octanol–water partition coefficient (Wildman–Crippen LogP) is 6.40. The highest BCUT2D eigenvalue weighted by molar-refractivity contribution is 7.78. The number of halogens is 3. The van der Waals surface area contributed by atoms with Crippen molar-refractivity contribution < 1.29 is 0 Å². The third-order valence-corrected chi connectivity index (χ3v) is 5.41. The Morgan fingerprint density at radius 1 is 1.00 bits per heavy atom. The highest BCUT2D eigenvalue weighted by atomic mass is 35.5. The van der Waals surface area contributed by atoms with E-state index in [1.165, 1.54) is 0 Å². The lowest BCUT2D eigenvalue weighted by atomic mass is 10.0. The number of rotatable bonds is 5. The van der Waals surface area contributed by atoms with Crippen LogP contribution in [-0.4, -0.2) is 16.5 Å². The molecule has 0 aliphatic carbocycles. The number of anilines is 2. The van der Waals surface area contributed by atoms with Crippen LogP contribution in [0.3, 0.4) is 0 Å². The van der Waals surface area contributed by atoms with Gasteiger partial charge in [-0.25, -0.2) is 0 Å². The number of aromatic nitrogens is 2. The molecule has 0 aliphatic heterocycles. The molecule has 138 valence electrons. The van der Waals surface area contributed by atoms with Crippen LogP contribution < -0.4 is 10.0 Å². The Labute approximate surface area is 176 Å². The van der Waals surface area contributed by atoms with E-state index in [9.17, 15) is 0 Å². The number of thiol groups is 1. The molecule has 0 aliphatic rings. The topological polar surface area (TPSA) is 52.7 Å². The van der Waals surface area contributed by atoms with Gasteiger partial charge in [-0.05, 0) is 42.3 Å². The number of hydrogen-bond donors (Lipinski definition) is 4. The fourth-order valence-electron chi connectivity index (χ4n) is 3.18. The van der Waals surface area contributed by atoms with Crippen molar-refractivity contribution in [2.24, 2.45) is 0 Å². The van der Waals surface area contributed by atoms with E-state index in [4.69, 9.17) is 34.8 Å². The lowest BCUT2D eigenvalue weighted by Crippen LogP contribution is -2.05. The lowest BCUT2D eigenvalue weighted by Gasteiger charge is -2.12. The van der Waals surface area contributed by atoms with Crippen LogP contribution in [-0.2, 0) is 6.42 Å². The van der Waals surface area contributed by atoms with Crippen LogP contribution in [0, 0.1) is 0 Å². The average Bonchev–Trinajstić information content (AvgIpc) is 3.01. The largest absolute Gasteiger partial charge is 0.354 e. The molecule has 2 aromatic heterocycles. The zero-order valence-corrected chi connectivity index (χ0v) is 17.1. The lowest BCUT2D eigenvalue weighted by molar-refractivity contribution is 0.918. The fraction of sp³-hybridized carbons (Fsp3) is 0.105. The van der Waals surface area contributed by atoms with Crippen LogP contribution in [0.1, 0.15) is 5.56 Å². The summed E-state index contributed by atoms with van der Waals surface area (Å²) in [5.74, 6) is 0. The van der Waals surface area contributed by atoms with Crippen molar-refractivity contribution in [3.63, 3.8) is 0 Å². The number of aromatic amines is 1. The van der Waals surface area contributed by atoms with E-state index in [-0.39, 0.29) is 0 Å². The van der Waals surface area contributed by atoms with Crippen molar-refractivity contribution in [3.8, 4) is 0 Å². The molecule has 8 heteroatoms. The zero-order valence-electron chi connectivity index (χ0n) is 14.0. The molecule has 0 fully saturated rings. The molecule has 0 saturated heterocycles. The van der Waals surface area contributed by atoms with Gasteiger partial charge >= 0.3 is 0 Å². The van der Waals surface area contributed by atoms with Gasteiger partial charge in [-0.2, -0.15) is 0 Å². The summed E-state index contributed by atoms with van der Waals surface area (Å²) in [5, 5.41) is 7.09. The van der Waals surface area contributed by atoms with E-state index < -0.39 is 0 Å². The second kappa shape index (κ2) is 7.78. The number of nitrogens with zero attached hydrogens (tertiary/aromatic N) is 1. The van der Waals surface area contributed by atoms with Gasteiger partial charge < -0.3 is 10.3 Å². The third kappa shape index (κ3) is 3.71. The van der Waals surface area contributed by atoms with Gasteiger partial charge in [-0.1, -0.05) is 47.6 Å². The average molecular weight is 438 g/mol. The monoisotopic (exact) mass is 436 g/mol. The van der Waals surface area contributed by atoms with Crippen LogP contribution in [0.4, 0.5) is 11.4 Å². The summed E-state index contributed by atoms with van der Waals surface area (Å²) in [4.78, 5) is 7.49. The molecule has 0 atom stereocenters. The van der Waals surface area contributed by atoms with Crippen molar-refractivity contribution in [2.75, 3.05) is 11.9 Å². The first-order chi connectivity index (χ1) is 13.1. The van der Waals surface area contributed by atoms with Crippen molar-refractivity contribution in [2.45, 2.75) is 6.42 Å². The van der Waals surface area contributed by atoms with Gasteiger partial charge in [0.25, 0.3) is 0 Å². The second-order valence-corrected chi connectivity index (χ2v) is 7.70. The molecule has 0 amide bonds. The first-order valence-corrected chi connectivity index (χ1v) is 9.82.